The lowest BCUT2D eigenvalue weighted by Crippen LogP contribution is -2.40. The van der Waals surface area contributed by atoms with Gasteiger partial charge in [0, 0.05) is 90.7 Å². The fraction of sp³-hybridized carbons (Fsp3) is 0.423. The highest BCUT2D eigenvalue weighted by atomic mass is 16.5. The minimum atomic E-state index is 0.0627. The summed E-state index contributed by atoms with van der Waals surface area (Å²) in [5.41, 5.74) is 14.4. The normalized spacial score (nSPS) is 15.8. The molecule has 3 fully saturated rings. The van der Waals surface area contributed by atoms with Crippen LogP contribution in [0.3, 0.4) is 0 Å². The van der Waals surface area contributed by atoms with Crippen molar-refractivity contribution in [1.82, 2.24) is 29.7 Å². The van der Waals surface area contributed by atoms with Crippen LogP contribution in [0.15, 0.2) is 146 Å². The molecule has 0 unspecified atom stereocenters. The third kappa shape index (κ3) is 15.4. The Hall–Kier alpha value is -7.37. The summed E-state index contributed by atoms with van der Waals surface area (Å²) in [6.45, 7) is 25.5. The van der Waals surface area contributed by atoms with Crippen molar-refractivity contribution in [2.75, 3.05) is 59.0 Å². The predicted molar refractivity (Wildman–Crippen MR) is 364 cm³/mol. The third-order valence-corrected chi connectivity index (χ3v) is 19.5. The molecule has 10 nitrogen and oxygen atoms in total. The van der Waals surface area contributed by atoms with Crippen LogP contribution in [-0.4, -0.2) is 112 Å². The van der Waals surface area contributed by atoms with E-state index in [0.29, 0.717) is 36.0 Å². The standard InChI is InChI=1S/C29H38N2O2.C25H30N2O.C24H28N2O/c1-4-7-18-33-25-11-8-22(9-12-25)29(32)23-10-13-28-26(19-23)27(20-30-28)21-14-16-31(17-15-21)24(5-2)6-3;1-3-4-12-27-13-10-19(11-14-27)23-17-26-24-9-8-21(16-22(23)24)25(28)20-7-5-6-18(2)15-20;1-3-17-5-7-19(8-6-17)24(27)20-9-10-23-21(15-20)22(16-25-23)18-11-13-26(4-2)14-12-18/h8-13,19-21,24,30H,4-7,14-18H2,1-3H3;5-9,15-17,19,26H,3-4,10-14H2,1-2H3;5-10,15-16,18,25H,3-4,11-14H2,1-2H3. The molecule has 6 heterocycles. The van der Waals surface area contributed by atoms with Crippen molar-refractivity contribution >= 4 is 50.1 Å². The lowest BCUT2D eigenvalue weighted by atomic mass is 9.87. The zero-order valence-corrected chi connectivity index (χ0v) is 53.7. The highest BCUT2D eigenvalue weighted by Crippen LogP contribution is 2.38. The molecule has 6 aromatic carbocycles. The van der Waals surface area contributed by atoms with Crippen molar-refractivity contribution in [2.24, 2.45) is 0 Å². The lowest BCUT2D eigenvalue weighted by Gasteiger charge is -2.37. The maximum atomic E-state index is 13.2. The number of nitrogens with zero attached hydrogens (tertiary/aromatic N) is 3. The number of rotatable bonds is 21. The molecular formula is C78H96N6O4. The van der Waals surface area contributed by atoms with Gasteiger partial charge in [0.25, 0.3) is 0 Å². The summed E-state index contributed by atoms with van der Waals surface area (Å²) in [4.78, 5) is 57.2. The van der Waals surface area contributed by atoms with E-state index in [1.165, 1.54) is 122 Å². The molecule has 3 aliphatic heterocycles. The number of hydrogen-bond donors (Lipinski definition) is 3. The third-order valence-electron chi connectivity index (χ3n) is 19.5. The summed E-state index contributed by atoms with van der Waals surface area (Å²) in [5.74, 6) is 2.80. The van der Waals surface area contributed by atoms with Crippen LogP contribution in [0.4, 0.5) is 0 Å². The first-order valence-electron chi connectivity index (χ1n) is 33.5. The van der Waals surface area contributed by atoms with Crippen LogP contribution >= 0.6 is 0 Å². The van der Waals surface area contributed by atoms with Gasteiger partial charge in [0.1, 0.15) is 5.75 Å². The predicted octanol–water partition coefficient (Wildman–Crippen LogP) is 17.8. The number of ketones is 3. The van der Waals surface area contributed by atoms with E-state index in [1.54, 1.807) is 0 Å². The van der Waals surface area contributed by atoms with Crippen molar-refractivity contribution in [3.8, 4) is 5.75 Å². The average molecular weight is 1180 g/mol. The van der Waals surface area contributed by atoms with E-state index >= 15 is 0 Å². The fourth-order valence-corrected chi connectivity index (χ4v) is 13.9. The number of aryl methyl sites for hydroxylation is 2. The van der Waals surface area contributed by atoms with Gasteiger partial charge < -0.3 is 34.4 Å². The van der Waals surface area contributed by atoms with E-state index in [2.05, 4.69) is 126 Å². The molecule has 3 aromatic heterocycles. The molecule has 10 heteroatoms. The van der Waals surface area contributed by atoms with E-state index in [9.17, 15) is 14.4 Å². The number of fused-ring (bicyclic) bond motifs is 3. The van der Waals surface area contributed by atoms with Gasteiger partial charge in [0.2, 0.25) is 0 Å². The topological polar surface area (TPSA) is 118 Å². The Morgan fingerprint density at radius 1 is 0.477 bits per heavy atom. The molecule has 0 bridgehead atoms. The molecule has 0 atom stereocenters. The van der Waals surface area contributed by atoms with E-state index in [0.717, 1.165) is 108 Å². The number of benzene rings is 6. The van der Waals surface area contributed by atoms with Gasteiger partial charge in [-0.05, 0) is 255 Å². The summed E-state index contributed by atoms with van der Waals surface area (Å²) in [6.07, 6.45) is 21.8. The van der Waals surface area contributed by atoms with Crippen LogP contribution in [0, 0.1) is 6.92 Å². The number of hydrogen-bond acceptors (Lipinski definition) is 7. The van der Waals surface area contributed by atoms with Crippen molar-refractivity contribution in [2.45, 2.75) is 156 Å². The van der Waals surface area contributed by atoms with Crippen molar-refractivity contribution < 1.29 is 19.1 Å². The van der Waals surface area contributed by atoms with Gasteiger partial charge in [-0.15, -0.1) is 0 Å². The molecule has 9 aromatic rings. The van der Waals surface area contributed by atoms with Crippen LogP contribution < -0.4 is 4.74 Å². The molecule has 3 N–H and O–H groups in total. The van der Waals surface area contributed by atoms with E-state index in [-0.39, 0.29) is 17.3 Å². The molecule has 0 aliphatic carbocycles. The zero-order valence-electron chi connectivity index (χ0n) is 53.7. The smallest absolute Gasteiger partial charge is 0.193 e. The molecule has 462 valence electrons. The van der Waals surface area contributed by atoms with E-state index < -0.39 is 0 Å². The maximum absolute atomic E-state index is 13.2. The quantitative estimate of drug-likeness (QED) is 0.0484. The van der Waals surface area contributed by atoms with Crippen LogP contribution in [0.2, 0.25) is 0 Å². The average Bonchev–Trinajstić information content (AvgIpc) is 2.30. The highest BCUT2D eigenvalue weighted by molar-refractivity contribution is 6.12. The zero-order chi connectivity index (χ0) is 61.5. The number of unbranched alkanes of at least 4 members (excludes halogenated alkanes) is 2. The second-order valence-corrected chi connectivity index (χ2v) is 25.1. The van der Waals surface area contributed by atoms with Gasteiger partial charge in [0.15, 0.2) is 17.3 Å². The maximum Gasteiger partial charge on any atom is 0.193 e. The molecule has 0 radical (unpaired) electrons. The Kier molecular flexibility index (Phi) is 22.2. The fourth-order valence-electron chi connectivity index (χ4n) is 13.9. The number of nitrogens with one attached hydrogen (secondary N) is 3. The van der Waals surface area contributed by atoms with Gasteiger partial charge in [-0.3, -0.25) is 14.4 Å². The van der Waals surface area contributed by atoms with Crippen molar-refractivity contribution in [3.05, 3.63) is 207 Å². The summed E-state index contributed by atoms with van der Waals surface area (Å²) in [5, 5.41) is 3.62. The number of aromatic nitrogens is 3. The number of ether oxygens (including phenoxy) is 1. The van der Waals surface area contributed by atoms with Crippen LogP contribution in [0.5, 0.6) is 5.75 Å². The molecule has 3 aliphatic rings. The molecule has 0 amide bonds. The summed E-state index contributed by atoms with van der Waals surface area (Å²) >= 11 is 0. The number of H-pyrrole nitrogens is 3. The van der Waals surface area contributed by atoms with Gasteiger partial charge in [-0.25, -0.2) is 0 Å². The summed E-state index contributed by atoms with van der Waals surface area (Å²) in [6, 6.07) is 42.4. The second kappa shape index (κ2) is 30.7. The molecule has 88 heavy (non-hydrogen) atoms. The minimum absolute atomic E-state index is 0.0627. The van der Waals surface area contributed by atoms with Crippen LogP contribution in [0.25, 0.3) is 32.7 Å². The van der Waals surface area contributed by atoms with E-state index in [1.807, 2.05) is 97.9 Å². The summed E-state index contributed by atoms with van der Waals surface area (Å²) in [7, 11) is 0. The largest absolute Gasteiger partial charge is 0.494 e. The summed E-state index contributed by atoms with van der Waals surface area (Å²) < 4.78 is 5.73. The first kappa shape index (κ1) is 63.6. The number of carbonyl (C=O) groups is 3. The van der Waals surface area contributed by atoms with Crippen molar-refractivity contribution in [1.29, 1.82) is 0 Å². The first-order valence-corrected chi connectivity index (χ1v) is 33.5. The van der Waals surface area contributed by atoms with Crippen LogP contribution in [-0.2, 0) is 6.42 Å². The lowest BCUT2D eigenvalue weighted by molar-refractivity contribution is 0.103. The number of carbonyl (C=O) groups excluding carboxylic acids is 3. The van der Waals surface area contributed by atoms with Gasteiger partial charge >= 0.3 is 0 Å². The SMILES string of the molecule is CCCCN1CCC(c2c[nH]c3ccc(C(=O)c4cccc(C)c4)cc23)CC1.CCCCOc1ccc(C(=O)c2ccc3[nH]cc(C4CCN(C(CC)CC)CC4)c3c2)cc1.CCc1ccc(C(=O)c2ccc3[nH]cc(C4CCN(CC)CC4)c3c2)cc1. The monoisotopic (exact) mass is 1180 g/mol. The van der Waals surface area contributed by atoms with E-state index in [4.69, 9.17) is 4.74 Å². The van der Waals surface area contributed by atoms with Gasteiger partial charge in [-0.2, -0.15) is 0 Å². The number of likely N-dealkylation sites (tertiary alicyclic amines) is 3. The number of aromatic amines is 3. The highest BCUT2D eigenvalue weighted by Gasteiger charge is 2.28. The minimum Gasteiger partial charge on any atom is -0.494 e. The van der Waals surface area contributed by atoms with Crippen LogP contribution in [0.1, 0.15) is 212 Å². The van der Waals surface area contributed by atoms with Gasteiger partial charge in [0.05, 0.1) is 6.61 Å². The molecule has 0 spiro atoms. The van der Waals surface area contributed by atoms with Gasteiger partial charge in [-0.1, -0.05) is 102 Å². The Morgan fingerprint density at radius 3 is 1.33 bits per heavy atom. The Balaban J connectivity index is 0.000000147. The molecular weight excluding hydrogens is 1080 g/mol. The Morgan fingerprint density at radius 2 is 0.898 bits per heavy atom. The Labute approximate surface area is 523 Å². The molecule has 12 rings (SSSR count). The Bertz CT molecular complexity index is 3710. The molecule has 0 saturated carbocycles. The first-order chi connectivity index (χ1) is 43.0. The molecule has 3 saturated heterocycles. The van der Waals surface area contributed by atoms with Crippen molar-refractivity contribution in [3.63, 3.8) is 0 Å². The number of piperidine rings is 3. The second-order valence-electron chi connectivity index (χ2n) is 25.1.